The van der Waals surface area contributed by atoms with E-state index in [1.807, 2.05) is 31.2 Å². The van der Waals surface area contributed by atoms with E-state index in [4.69, 9.17) is 25.7 Å². The molecule has 1 aromatic heterocycles. The van der Waals surface area contributed by atoms with E-state index < -0.39 is 10.3 Å². The van der Waals surface area contributed by atoms with Gasteiger partial charge < -0.3 is 30.6 Å². The molecule has 0 saturated heterocycles. The fourth-order valence-corrected chi connectivity index (χ4v) is 4.74. The molecule has 210 valence electrons. The molecule has 0 spiro atoms. The number of ether oxygens (including phenoxy) is 3. The minimum absolute atomic E-state index is 0.124. The summed E-state index contributed by atoms with van der Waals surface area (Å²) >= 11 is 0. The van der Waals surface area contributed by atoms with E-state index in [9.17, 15) is 8.42 Å². The minimum Gasteiger partial charge on any atom is -0.493 e. The SMILES string of the molecule is COc1cc(Cc2cnc(N)nc2N)cc(OC)c1OCCCN(C1=CCC(=S(=O)=O)C=C1)c1ccc(C)cc1. The molecular weight excluding hydrogens is 530 g/mol. The van der Waals surface area contributed by atoms with Crippen molar-refractivity contribution in [2.24, 2.45) is 0 Å². The van der Waals surface area contributed by atoms with Crippen LogP contribution in [0.25, 0.3) is 0 Å². The van der Waals surface area contributed by atoms with Gasteiger partial charge in [0.2, 0.25) is 22.0 Å². The number of nitrogen functional groups attached to an aromatic ring is 2. The molecule has 1 aliphatic rings. The highest BCUT2D eigenvalue weighted by Crippen LogP contribution is 2.39. The third kappa shape index (κ3) is 6.92. The summed E-state index contributed by atoms with van der Waals surface area (Å²) in [5.74, 6) is 2.02. The molecule has 40 heavy (non-hydrogen) atoms. The molecule has 0 fully saturated rings. The van der Waals surface area contributed by atoms with Crippen LogP contribution in [-0.4, -0.2) is 50.6 Å². The van der Waals surface area contributed by atoms with Gasteiger partial charge in [-0.1, -0.05) is 23.8 Å². The molecule has 0 unspecified atom stereocenters. The van der Waals surface area contributed by atoms with Gasteiger partial charge in [0.15, 0.2) is 11.5 Å². The smallest absolute Gasteiger partial charge is 0.221 e. The number of aryl methyl sites for hydroxylation is 1. The predicted molar refractivity (Wildman–Crippen MR) is 158 cm³/mol. The van der Waals surface area contributed by atoms with Crippen LogP contribution in [0.1, 0.15) is 29.5 Å². The van der Waals surface area contributed by atoms with E-state index in [1.165, 1.54) is 0 Å². The number of rotatable bonds is 11. The second-order valence-electron chi connectivity index (χ2n) is 9.20. The Morgan fingerprint density at radius 1 is 1.02 bits per heavy atom. The lowest BCUT2D eigenvalue weighted by Gasteiger charge is -2.27. The monoisotopic (exact) mass is 563 g/mol. The minimum atomic E-state index is -2.22. The number of nitrogens with zero attached hydrogens (tertiary/aromatic N) is 3. The van der Waals surface area contributed by atoms with E-state index in [0.29, 0.717) is 60.3 Å². The quantitative estimate of drug-likeness (QED) is 0.262. The van der Waals surface area contributed by atoms with Crippen LogP contribution in [-0.2, 0) is 16.7 Å². The fourth-order valence-electron chi connectivity index (χ4n) is 4.34. The molecule has 4 N–H and O–H groups in total. The van der Waals surface area contributed by atoms with Gasteiger partial charge in [-0.15, -0.1) is 0 Å². The Balaban J connectivity index is 1.48. The molecule has 0 radical (unpaired) electrons. The molecule has 0 atom stereocenters. The second kappa shape index (κ2) is 13.0. The normalized spacial score (nSPS) is 12.6. The molecule has 4 rings (SSSR count). The maximum absolute atomic E-state index is 11.3. The van der Waals surface area contributed by atoms with Crippen molar-refractivity contribution in [1.82, 2.24) is 9.97 Å². The van der Waals surface area contributed by atoms with Crippen LogP contribution >= 0.6 is 0 Å². The number of hydrogen-bond donors (Lipinski definition) is 2. The van der Waals surface area contributed by atoms with Crippen molar-refractivity contribution in [2.75, 3.05) is 43.7 Å². The summed E-state index contributed by atoms with van der Waals surface area (Å²) < 4.78 is 40.1. The zero-order valence-electron chi connectivity index (χ0n) is 22.8. The lowest BCUT2D eigenvalue weighted by molar-refractivity contribution is 0.272. The van der Waals surface area contributed by atoms with E-state index in [-0.39, 0.29) is 5.95 Å². The van der Waals surface area contributed by atoms with Crippen LogP contribution in [0.4, 0.5) is 17.5 Å². The van der Waals surface area contributed by atoms with Crippen molar-refractivity contribution >= 4 is 32.6 Å². The summed E-state index contributed by atoms with van der Waals surface area (Å²) in [4.78, 5) is 10.6. The molecular formula is C29H33N5O5S. The molecule has 0 saturated carbocycles. The summed E-state index contributed by atoms with van der Waals surface area (Å²) in [6.07, 6.45) is 8.52. The van der Waals surface area contributed by atoms with E-state index in [1.54, 1.807) is 26.5 Å². The van der Waals surface area contributed by atoms with Crippen LogP contribution < -0.4 is 30.6 Å². The average Bonchev–Trinajstić information content (AvgIpc) is 2.95. The summed E-state index contributed by atoms with van der Waals surface area (Å²) in [5, 5.41) is 0. The first kappa shape index (κ1) is 28.5. The van der Waals surface area contributed by atoms with Crippen molar-refractivity contribution in [3.05, 3.63) is 83.2 Å². The topological polar surface area (TPSA) is 143 Å². The van der Waals surface area contributed by atoms with Crippen molar-refractivity contribution in [1.29, 1.82) is 0 Å². The number of aromatic nitrogens is 2. The summed E-state index contributed by atoms with van der Waals surface area (Å²) in [5.41, 5.74) is 16.4. The number of anilines is 3. The zero-order chi connectivity index (χ0) is 28.6. The lowest BCUT2D eigenvalue weighted by Crippen LogP contribution is -2.25. The number of benzene rings is 2. The number of methoxy groups -OCH3 is 2. The van der Waals surface area contributed by atoms with Crippen molar-refractivity contribution in [3.8, 4) is 17.2 Å². The Labute approximate surface area is 235 Å². The van der Waals surface area contributed by atoms with Crippen LogP contribution in [0.2, 0.25) is 0 Å². The number of nitrogens with two attached hydrogens (primary N) is 2. The Kier molecular flexibility index (Phi) is 9.28. The molecule has 0 bridgehead atoms. The summed E-state index contributed by atoms with van der Waals surface area (Å²) in [6.45, 7) is 3.08. The molecule has 1 aliphatic carbocycles. The molecule has 0 aliphatic heterocycles. The van der Waals surface area contributed by atoms with Crippen LogP contribution in [0.15, 0.2) is 66.5 Å². The maximum atomic E-state index is 11.3. The summed E-state index contributed by atoms with van der Waals surface area (Å²) in [6, 6.07) is 12.0. The van der Waals surface area contributed by atoms with Gasteiger partial charge in [-0.3, -0.25) is 0 Å². The van der Waals surface area contributed by atoms with Crippen molar-refractivity contribution in [3.63, 3.8) is 0 Å². The molecule has 2 aromatic carbocycles. The fraction of sp³-hybridized carbons (Fsp3) is 0.276. The molecule has 0 amide bonds. The Morgan fingerprint density at radius 2 is 1.73 bits per heavy atom. The molecule has 10 nitrogen and oxygen atoms in total. The van der Waals surface area contributed by atoms with Crippen LogP contribution in [0, 0.1) is 6.92 Å². The van der Waals surface area contributed by atoms with Gasteiger partial charge in [0.1, 0.15) is 5.82 Å². The third-order valence-corrected chi connectivity index (χ3v) is 7.16. The highest BCUT2D eigenvalue weighted by atomic mass is 32.2. The van der Waals surface area contributed by atoms with Crippen molar-refractivity contribution in [2.45, 2.75) is 26.2 Å². The molecule has 3 aromatic rings. The number of hydrogen-bond acceptors (Lipinski definition) is 10. The van der Waals surface area contributed by atoms with E-state index in [2.05, 4.69) is 39.1 Å². The Morgan fingerprint density at radius 3 is 2.30 bits per heavy atom. The Hall–Kier alpha value is -4.51. The van der Waals surface area contributed by atoms with Gasteiger partial charge in [-0.05, 0) is 55.3 Å². The van der Waals surface area contributed by atoms with E-state index >= 15 is 0 Å². The van der Waals surface area contributed by atoms with Gasteiger partial charge in [0.25, 0.3) is 0 Å². The zero-order valence-corrected chi connectivity index (χ0v) is 23.6. The van der Waals surface area contributed by atoms with Crippen LogP contribution in [0.3, 0.4) is 0 Å². The molecule has 11 heteroatoms. The summed E-state index contributed by atoms with van der Waals surface area (Å²) in [7, 11) is 0.931. The lowest BCUT2D eigenvalue weighted by atomic mass is 10.1. The second-order valence-corrected chi connectivity index (χ2v) is 10.2. The van der Waals surface area contributed by atoms with Gasteiger partial charge in [0, 0.05) is 42.5 Å². The largest absolute Gasteiger partial charge is 0.493 e. The standard InChI is InChI=1S/C29H33N5O5S/c1-19-5-7-22(8-6-19)34(23-9-11-24(12-10-23)40(35)36)13-4-14-39-27-25(37-2)16-20(17-26(27)38-3)15-21-18-32-29(31)33-28(21)30/h5-11,16-18H,4,12-15H2,1-3H3,(H4,30,31,32,33). The van der Waals surface area contributed by atoms with Crippen molar-refractivity contribution < 1.29 is 22.6 Å². The first-order valence-corrected chi connectivity index (χ1v) is 13.8. The van der Waals surface area contributed by atoms with Gasteiger partial charge in [-0.2, -0.15) is 13.4 Å². The first-order valence-electron chi connectivity index (χ1n) is 12.7. The highest BCUT2D eigenvalue weighted by molar-refractivity contribution is 7.73. The van der Waals surface area contributed by atoms with E-state index in [0.717, 1.165) is 28.1 Å². The first-order chi connectivity index (χ1) is 19.3. The Bertz CT molecular complexity index is 1530. The third-order valence-electron chi connectivity index (χ3n) is 6.43. The maximum Gasteiger partial charge on any atom is 0.221 e. The van der Waals surface area contributed by atoms with Crippen LogP contribution in [0.5, 0.6) is 17.2 Å². The van der Waals surface area contributed by atoms with Gasteiger partial charge >= 0.3 is 0 Å². The molecule has 1 heterocycles. The number of allylic oxidation sites excluding steroid dienone is 3. The highest BCUT2D eigenvalue weighted by Gasteiger charge is 2.17. The predicted octanol–water partition coefficient (Wildman–Crippen LogP) is 3.73. The van der Waals surface area contributed by atoms with Gasteiger partial charge in [-0.25, -0.2) is 4.98 Å². The average molecular weight is 564 g/mol. The van der Waals surface area contributed by atoms with Gasteiger partial charge in [0.05, 0.1) is 25.7 Å².